The second-order valence-electron chi connectivity index (χ2n) is 5.44. The summed E-state index contributed by atoms with van der Waals surface area (Å²) in [4.78, 5) is 10.9. The van der Waals surface area contributed by atoms with Crippen LogP contribution in [-0.4, -0.2) is 5.97 Å². The SMILES string of the molecule is C[C@@H]1C[C@](C)(C(=O)[O-])CCC1(C)C. The Kier molecular flexibility index (Phi) is 2.44. The van der Waals surface area contributed by atoms with Gasteiger partial charge in [-0.25, -0.2) is 0 Å². The molecule has 1 rings (SSSR count). The van der Waals surface area contributed by atoms with E-state index in [1.807, 2.05) is 6.92 Å². The predicted molar refractivity (Wildman–Crippen MR) is 49.9 cm³/mol. The smallest absolute Gasteiger partial charge is 0.0473 e. The van der Waals surface area contributed by atoms with Gasteiger partial charge in [-0.2, -0.15) is 0 Å². The van der Waals surface area contributed by atoms with Crippen LogP contribution >= 0.6 is 0 Å². The van der Waals surface area contributed by atoms with Crippen LogP contribution in [0, 0.1) is 16.7 Å². The fourth-order valence-corrected chi connectivity index (χ4v) is 2.08. The molecule has 1 saturated carbocycles. The second-order valence-corrected chi connectivity index (χ2v) is 5.44. The topological polar surface area (TPSA) is 40.1 Å². The van der Waals surface area contributed by atoms with Gasteiger partial charge in [0.1, 0.15) is 0 Å². The summed E-state index contributed by atoms with van der Waals surface area (Å²) in [6, 6.07) is 0. The third-order valence-corrected chi connectivity index (χ3v) is 3.90. The number of hydrogen-bond donors (Lipinski definition) is 0. The van der Waals surface area contributed by atoms with Crippen molar-refractivity contribution in [2.24, 2.45) is 16.7 Å². The summed E-state index contributed by atoms with van der Waals surface area (Å²) in [6.07, 6.45) is 2.49. The van der Waals surface area contributed by atoms with Crippen molar-refractivity contribution in [3.63, 3.8) is 0 Å². The number of aliphatic carboxylic acids is 1. The predicted octanol–water partition coefficient (Wildman–Crippen LogP) is 1.59. The Bertz CT molecular complexity index is 220. The van der Waals surface area contributed by atoms with Gasteiger partial charge >= 0.3 is 0 Å². The summed E-state index contributed by atoms with van der Waals surface area (Å²) in [5.74, 6) is -0.418. The fourth-order valence-electron chi connectivity index (χ4n) is 2.08. The minimum atomic E-state index is -0.880. The molecule has 0 spiro atoms. The highest BCUT2D eigenvalue weighted by atomic mass is 16.4. The zero-order valence-electron chi connectivity index (χ0n) is 9.02. The second kappa shape index (κ2) is 3.00. The van der Waals surface area contributed by atoms with E-state index in [4.69, 9.17) is 0 Å². The molecule has 1 aliphatic rings. The highest BCUT2D eigenvalue weighted by molar-refractivity contribution is 5.72. The quantitative estimate of drug-likeness (QED) is 0.619. The van der Waals surface area contributed by atoms with Gasteiger partial charge in [0.2, 0.25) is 0 Å². The lowest BCUT2D eigenvalue weighted by atomic mass is 9.60. The van der Waals surface area contributed by atoms with E-state index in [2.05, 4.69) is 20.8 Å². The highest BCUT2D eigenvalue weighted by Gasteiger charge is 2.40. The number of carbonyl (C=O) groups is 1. The maximum atomic E-state index is 10.9. The molecule has 0 amide bonds. The lowest BCUT2D eigenvalue weighted by molar-refractivity contribution is -0.321. The molecule has 2 atom stereocenters. The van der Waals surface area contributed by atoms with Gasteiger partial charge in [0.15, 0.2) is 0 Å². The summed E-state index contributed by atoms with van der Waals surface area (Å²) in [6.45, 7) is 8.38. The summed E-state index contributed by atoms with van der Waals surface area (Å²) >= 11 is 0. The molecule has 0 aliphatic heterocycles. The number of carbonyl (C=O) groups excluding carboxylic acids is 1. The first-order valence-corrected chi connectivity index (χ1v) is 4.99. The van der Waals surface area contributed by atoms with Crippen LogP contribution in [0.1, 0.15) is 47.0 Å². The van der Waals surface area contributed by atoms with E-state index in [0.717, 1.165) is 19.3 Å². The third-order valence-electron chi connectivity index (χ3n) is 3.90. The van der Waals surface area contributed by atoms with Gasteiger partial charge in [-0.05, 0) is 30.6 Å². The monoisotopic (exact) mass is 183 g/mol. The van der Waals surface area contributed by atoms with Crippen LogP contribution in [0.3, 0.4) is 0 Å². The molecule has 0 aromatic heterocycles. The summed E-state index contributed by atoms with van der Waals surface area (Å²) in [7, 11) is 0. The zero-order valence-corrected chi connectivity index (χ0v) is 9.02. The van der Waals surface area contributed by atoms with E-state index >= 15 is 0 Å². The van der Waals surface area contributed by atoms with Crippen LogP contribution in [0.2, 0.25) is 0 Å². The number of carboxylic acids is 1. The molecule has 2 heteroatoms. The van der Waals surface area contributed by atoms with Crippen LogP contribution in [0.5, 0.6) is 0 Å². The minimum Gasteiger partial charge on any atom is -0.550 e. The fraction of sp³-hybridized carbons (Fsp3) is 0.909. The standard InChI is InChI=1S/C11H20O2/c1-8-7-11(4,9(12)13)6-5-10(8,2)3/h8H,5-7H2,1-4H3,(H,12,13)/p-1/t8-,11-/m1/s1. The molecule has 0 unspecified atom stereocenters. The Morgan fingerprint density at radius 3 is 2.23 bits per heavy atom. The molecular formula is C11H19O2-. The lowest BCUT2D eigenvalue weighted by Crippen LogP contribution is -2.46. The van der Waals surface area contributed by atoms with E-state index in [0.29, 0.717) is 5.92 Å². The Balaban J connectivity index is 2.76. The summed E-state index contributed by atoms with van der Waals surface area (Å²) in [5, 5.41) is 10.9. The van der Waals surface area contributed by atoms with Crippen LogP contribution in [0.25, 0.3) is 0 Å². The maximum Gasteiger partial charge on any atom is 0.0473 e. The van der Waals surface area contributed by atoms with Gasteiger partial charge in [0.25, 0.3) is 0 Å². The molecule has 2 nitrogen and oxygen atoms in total. The molecule has 76 valence electrons. The number of rotatable bonds is 1. The first-order chi connectivity index (χ1) is 5.78. The van der Waals surface area contributed by atoms with Gasteiger partial charge in [-0.3, -0.25) is 0 Å². The molecule has 1 fully saturated rings. The molecule has 13 heavy (non-hydrogen) atoms. The molecule has 0 N–H and O–H groups in total. The van der Waals surface area contributed by atoms with Gasteiger partial charge in [-0.15, -0.1) is 0 Å². The first kappa shape index (κ1) is 10.6. The van der Waals surface area contributed by atoms with Crippen LogP contribution in [0.4, 0.5) is 0 Å². The van der Waals surface area contributed by atoms with Crippen LogP contribution in [0.15, 0.2) is 0 Å². The van der Waals surface area contributed by atoms with E-state index in [-0.39, 0.29) is 5.41 Å². The largest absolute Gasteiger partial charge is 0.550 e. The maximum absolute atomic E-state index is 10.9. The van der Waals surface area contributed by atoms with E-state index in [1.165, 1.54) is 0 Å². The van der Waals surface area contributed by atoms with Crippen molar-refractivity contribution < 1.29 is 9.90 Å². The third kappa shape index (κ3) is 1.87. The molecule has 0 aromatic rings. The van der Waals surface area contributed by atoms with E-state index in [1.54, 1.807) is 0 Å². The molecule has 0 saturated heterocycles. The van der Waals surface area contributed by atoms with Crippen molar-refractivity contribution in [2.45, 2.75) is 47.0 Å². The van der Waals surface area contributed by atoms with Crippen molar-refractivity contribution in [1.29, 1.82) is 0 Å². The van der Waals surface area contributed by atoms with Crippen molar-refractivity contribution in [2.75, 3.05) is 0 Å². The normalized spacial score (nSPS) is 38.6. The van der Waals surface area contributed by atoms with Crippen LogP contribution in [-0.2, 0) is 4.79 Å². The Hall–Kier alpha value is -0.530. The summed E-state index contributed by atoms with van der Waals surface area (Å²) in [5.41, 5.74) is -0.302. The lowest BCUT2D eigenvalue weighted by Gasteiger charge is -2.46. The Morgan fingerprint density at radius 2 is 1.85 bits per heavy atom. The van der Waals surface area contributed by atoms with Gasteiger partial charge < -0.3 is 9.90 Å². The number of hydrogen-bond acceptors (Lipinski definition) is 2. The first-order valence-electron chi connectivity index (χ1n) is 4.99. The minimum absolute atomic E-state index is 0.287. The Labute approximate surface area is 80.3 Å². The van der Waals surface area contributed by atoms with Crippen molar-refractivity contribution in [3.8, 4) is 0 Å². The summed E-state index contributed by atoms with van der Waals surface area (Å²) < 4.78 is 0. The highest BCUT2D eigenvalue weighted by Crippen LogP contribution is 2.48. The zero-order chi connectivity index (χ0) is 10.3. The van der Waals surface area contributed by atoms with E-state index in [9.17, 15) is 9.90 Å². The molecule has 0 radical (unpaired) electrons. The average molecular weight is 183 g/mol. The van der Waals surface area contributed by atoms with Crippen LogP contribution < -0.4 is 5.11 Å². The average Bonchev–Trinajstić information content (AvgIpc) is 1.98. The van der Waals surface area contributed by atoms with Gasteiger partial charge in [0.05, 0.1) is 0 Å². The molecular weight excluding hydrogens is 164 g/mol. The Morgan fingerprint density at radius 1 is 1.31 bits per heavy atom. The molecule has 0 aromatic carbocycles. The van der Waals surface area contributed by atoms with Crippen molar-refractivity contribution >= 4 is 5.97 Å². The number of carboxylic acid groups (broad SMARTS) is 1. The van der Waals surface area contributed by atoms with Gasteiger partial charge in [-0.1, -0.05) is 27.7 Å². The van der Waals surface area contributed by atoms with Crippen molar-refractivity contribution in [3.05, 3.63) is 0 Å². The van der Waals surface area contributed by atoms with E-state index < -0.39 is 11.4 Å². The van der Waals surface area contributed by atoms with Gasteiger partial charge in [0, 0.05) is 11.4 Å². The molecule has 0 bridgehead atoms. The molecule has 1 aliphatic carbocycles. The van der Waals surface area contributed by atoms with Crippen molar-refractivity contribution in [1.82, 2.24) is 0 Å². The molecule has 0 heterocycles.